The maximum atomic E-state index is 13.6. The summed E-state index contributed by atoms with van der Waals surface area (Å²) in [4.78, 5) is 18.6. The maximum absolute atomic E-state index is 13.6. The summed E-state index contributed by atoms with van der Waals surface area (Å²) >= 11 is 0. The number of rotatable bonds is 3. The fraction of sp³-hybridized carbons (Fsp3) is 0.304. The van der Waals surface area contributed by atoms with Gasteiger partial charge < -0.3 is 4.74 Å². The number of carbonyl (C=O) groups excluding carboxylic acids is 1. The molecule has 0 atom stereocenters. The fourth-order valence-electron chi connectivity index (χ4n) is 4.49. The monoisotopic (exact) mass is 455 g/mol. The zero-order valence-electron chi connectivity index (χ0n) is 17.5. The molecule has 2 aromatic carbocycles. The van der Waals surface area contributed by atoms with Crippen LogP contribution >= 0.6 is 0 Å². The van der Waals surface area contributed by atoms with E-state index in [0.717, 1.165) is 10.9 Å². The van der Waals surface area contributed by atoms with Gasteiger partial charge in [0.1, 0.15) is 17.3 Å². The molecule has 166 valence electrons. The van der Waals surface area contributed by atoms with Crippen LogP contribution < -0.4 is 4.90 Å². The summed E-state index contributed by atoms with van der Waals surface area (Å²) in [6.07, 6.45) is 2.07. The van der Waals surface area contributed by atoms with Crippen molar-refractivity contribution in [3.05, 3.63) is 65.6 Å². The summed E-state index contributed by atoms with van der Waals surface area (Å²) in [5, 5.41) is 0.779. The highest BCUT2D eigenvalue weighted by atomic mass is 32.2. The first kappa shape index (κ1) is 20.8. The predicted molar refractivity (Wildman–Crippen MR) is 117 cm³/mol. The molecule has 1 aromatic heterocycles. The second kappa shape index (κ2) is 7.83. The van der Waals surface area contributed by atoms with Crippen LogP contribution in [0.25, 0.3) is 10.9 Å². The predicted octanol–water partition coefficient (Wildman–Crippen LogP) is 3.99. The highest BCUT2D eigenvalue weighted by Crippen LogP contribution is 2.34. The van der Waals surface area contributed by atoms with Crippen LogP contribution in [-0.2, 0) is 21.4 Å². The molecule has 0 saturated carbocycles. The van der Waals surface area contributed by atoms with Gasteiger partial charge in [-0.1, -0.05) is 12.1 Å². The van der Waals surface area contributed by atoms with E-state index in [4.69, 9.17) is 4.74 Å². The van der Waals surface area contributed by atoms with E-state index < -0.39 is 16.1 Å². The number of aryl methyl sites for hydroxylation is 1. The minimum absolute atomic E-state index is 0.0310. The number of anilines is 1. The normalized spacial score (nSPS) is 17.9. The highest BCUT2D eigenvalue weighted by molar-refractivity contribution is 7.89. The third kappa shape index (κ3) is 3.51. The van der Waals surface area contributed by atoms with Gasteiger partial charge in [-0.15, -0.1) is 0 Å². The standard InChI is InChI=1S/C23H22FN3O4S/c1-15-11-16-3-2-4-21(22(16)25-13-15)32(29,30)26-9-7-19(8-10-26)27-20-6-5-18(24)12-17(20)14-31-23(27)28/h2-6,11-13,19H,7-10,14H2,1H3. The Bertz CT molecular complexity index is 1320. The van der Waals surface area contributed by atoms with Gasteiger partial charge in [0.25, 0.3) is 0 Å². The maximum Gasteiger partial charge on any atom is 0.414 e. The number of cyclic esters (lactones) is 1. The number of sulfonamides is 1. The van der Waals surface area contributed by atoms with Crippen molar-refractivity contribution in [2.45, 2.75) is 37.3 Å². The Kier molecular flexibility index (Phi) is 5.10. The van der Waals surface area contributed by atoms with E-state index in [9.17, 15) is 17.6 Å². The fourth-order valence-corrected chi connectivity index (χ4v) is 6.12. The zero-order chi connectivity index (χ0) is 22.5. The minimum Gasteiger partial charge on any atom is -0.444 e. The van der Waals surface area contributed by atoms with Crippen LogP contribution in [-0.4, -0.2) is 42.9 Å². The van der Waals surface area contributed by atoms with Crippen LogP contribution in [0.1, 0.15) is 24.0 Å². The van der Waals surface area contributed by atoms with Crippen molar-refractivity contribution >= 4 is 32.7 Å². The van der Waals surface area contributed by atoms with Gasteiger partial charge in [-0.3, -0.25) is 9.88 Å². The largest absolute Gasteiger partial charge is 0.444 e. The summed E-state index contributed by atoms with van der Waals surface area (Å²) in [6.45, 7) is 2.46. The molecule has 1 amide bonds. The molecule has 0 radical (unpaired) electrons. The van der Waals surface area contributed by atoms with Gasteiger partial charge in [0.15, 0.2) is 0 Å². The van der Waals surface area contributed by atoms with E-state index in [1.54, 1.807) is 24.4 Å². The molecule has 1 fully saturated rings. The molecular formula is C23H22FN3O4S. The lowest BCUT2D eigenvalue weighted by Gasteiger charge is -2.39. The van der Waals surface area contributed by atoms with Gasteiger partial charge in [0, 0.05) is 36.3 Å². The molecule has 0 spiro atoms. The van der Waals surface area contributed by atoms with E-state index in [0.29, 0.717) is 29.6 Å². The van der Waals surface area contributed by atoms with Crippen LogP contribution in [0, 0.1) is 12.7 Å². The number of halogens is 1. The van der Waals surface area contributed by atoms with E-state index in [2.05, 4.69) is 4.98 Å². The molecule has 0 aliphatic carbocycles. The quantitative estimate of drug-likeness (QED) is 0.597. The van der Waals surface area contributed by atoms with Crippen LogP contribution in [0.15, 0.2) is 53.6 Å². The summed E-state index contributed by atoms with van der Waals surface area (Å²) in [5.74, 6) is -0.388. The van der Waals surface area contributed by atoms with Crippen molar-refractivity contribution in [1.29, 1.82) is 0 Å². The van der Waals surface area contributed by atoms with Crippen molar-refractivity contribution in [3.63, 3.8) is 0 Å². The molecule has 0 unspecified atom stereocenters. The van der Waals surface area contributed by atoms with Gasteiger partial charge in [0.2, 0.25) is 10.0 Å². The second-order valence-corrected chi connectivity index (χ2v) is 10.1. The van der Waals surface area contributed by atoms with E-state index in [1.807, 2.05) is 19.1 Å². The number of fused-ring (bicyclic) bond motifs is 2. The number of hydrogen-bond donors (Lipinski definition) is 0. The molecule has 32 heavy (non-hydrogen) atoms. The number of carbonyl (C=O) groups is 1. The Hall–Kier alpha value is -3.04. The van der Waals surface area contributed by atoms with Crippen molar-refractivity contribution < 1.29 is 22.3 Å². The number of nitrogens with zero attached hydrogens (tertiary/aromatic N) is 3. The third-order valence-corrected chi connectivity index (χ3v) is 8.00. The SMILES string of the molecule is Cc1cnc2c(S(=O)(=O)N3CCC(N4C(=O)OCc5cc(F)ccc54)CC3)cccc2c1. The second-order valence-electron chi connectivity index (χ2n) is 8.17. The van der Waals surface area contributed by atoms with Crippen LogP contribution in [0.2, 0.25) is 0 Å². The number of pyridine rings is 1. The van der Waals surface area contributed by atoms with Crippen LogP contribution in [0.5, 0.6) is 0 Å². The molecular weight excluding hydrogens is 433 g/mol. The Morgan fingerprint density at radius 2 is 1.91 bits per heavy atom. The van der Waals surface area contributed by atoms with Crippen LogP contribution in [0.3, 0.4) is 0 Å². The Morgan fingerprint density at radius 3 is 2.69 bits per heavy atom. The number of para-hydroxylation sites is 1. The van der Waals surface area contributed by atoms with E-state index in [1.165, 1.54) is 21.3 Å². The van der Waals surface area contributed by atoms with Crippen molar-refractivity contribution in [3.8, 4) is 0 Å². The van der Waals surface area contributed by atoms with Crippen molar-refractivity contribution in [1.82, 2.24) is 9.29 Å². The number of hydrogen-bond acceptors (Lipinski definition) is 5. The van der Waals surface area contributed by atoms with Gasteiger partial charge in [-0.05, 0) is 55.7 Å². The third-order valence-electron chi connectivity index (χ3n) is 6.07. The van der Waals surface area contributed by atoms with E-state index >= 15 is 0 Å². The Balaban J connectivity index is 1.39. The first-order valence-corrected chi connectivity index (χ1v) is 11.9. The average Bonchev–Trinajstić information content (AvgIpc) is 2.78. The molecule has 3 heterocycles. The van der Waals surface area contributed by atoms with Crippen LogP contribution in [0.4, 0.5) is 14.9 Å². The molecule has 7 nitrogen and oxygen atoms in total. The van der Waals surface area contributed by atoms with Gasteiger partial charge >= 0.3 is 6.09 Å². The molecule has 0 bridgehead atoms. The summed E-state index contributed by atoms with van der Waals surface area (Å²) in [7, 11) is -3.75. The van der Waals surface area contributed by atoms with Crippen molar-refractivity contribution in [2.75, 3.05) is 18.0 Å². The summed E-state index contributed by atoms with van der Waals surface area (Å²) in [5.41, 5.74) is 2.64. The first-order valence-electron chi connectivity index (χ1n) is 10.4. The molecule has 9 heteroatoms. The highest BCUT2D eigenvalue weighted by Gasteiger charge is 2.37. The van der Waals surface area contributed by atoms with E-state index in [-0.39, 0.29) is 36.5 Å². The smallest absolute Gasteiger partial charge is 0.414 e. The molecule has 2 aliphatic rings. The molecule has 5 rings (SSSR count). The Labute approximate surface area is 185 Å². The zero-order valence-corrected chi connectivity index (χ0v) is 18.3. The molecule has 1 saturated heterocycles. The van der Waals surface area contributed by atoms with Gasteiger partial charge in [-0.25, -0.2) is 17.6 Å². The average molecular weight is 456 g/mol. The summed E-state index contributed by atoms with van der Waals surface area (Å²) < 4.78 is 47.1. The molecule has 3 aromatic rings. The topological polar surface area (TPSA) is 79.8 Å². The number of benzene rings is 2. The molecule has 2 aliphatic heterocycles. The number of amides is 1. The number of ether oxygens (including phenoxy) is 1. The number of aromatic nitrogens is 1. The van der Waals surface area contributed by atoms with Crippen molar-refractivity contribution in [2.24, 2.45) is 0 Å². The minimum atomic E-state index is -3.75. The first-order chi connectivity index (χ1) is 15.3. The van der Waals surface area contributed by atoms with Gasteiger partial charge in [-0.2, -0.15) is 4.31 Å². The van der Waals surface area contributed by atoms with Gasteiger partial charge in [0.05, 0.1) is 11.2 Å². The number of piperidine rings is 1. The Morgan fingerprint density at radius 1 is 1.12 bits per heavy atom. The molecule has 0 N–H and O–H groups in total. The summed E-state index contributed by atoms with van der Waals surface area (Å²) in [6, 6.07) is 11.1. The lowest BCUT2D eigenvalue weighted by atomic mass is 10.0. The lowest BCUT2D eigenvalue weighted by Crippen LogP contribution is -2.50. The lowest BCUT2D eigenvalue weighted by molar-refractivity contribution is 0.135.